The molecule has 0 amide bonds. The molecule has 2 aromatic rings. The lowest BCUT2D eigenvalue weighted by atomic mass is 10.1. The van der Waals surface area contributed by atoms with Gasteiger partial charge in [-0.05, 0) is 38.0 Å². The summed E-state index contributed by atoms with van der Waals surface area (Å²) in [6.45, 7) is 10.4. The Hall–Kier alpha value is -1.98. The van der Waals surface area contributed by atoms with E-state index in [0.717, 1.165) is 30.7 Å². The molecule has 1 N–H and O–H groups in total. The molecule has 1 aromatic carbocycles. The third kappa shape index (κ3) is 5.80. The first-order valence-electron chi connectivity index (χ1n) is 8.98. The zero-order chi connectivity index (χ0) is 19.0. The molecule has 0 radical (unpaired) electrons. The maximum absolute atomic E-state index is 13.0. The van der Waals surface area contributed by atoms with Crippen molar-refractivity contribution >= 4 is 5.69 Å². The van der Waals surface area contributed by atoms with E-state index in [1.165, 1.54) is 0 Å². The van der Waals surface area contributed by atoms with Crippen LogP contribution in [0.3, 0.4) is 0 Å². The van der Waals surface area contributed by atoms with E-state index < -0.39 is 11.7 Å². The third-order valence-electron chi connectivity index (χ3n) is 3.52. The van der Waals surface area contributed by atoms with Crippen LogP contribution in [0.1, 0.15) is 64.6 Å². The van der Waals surface area contributed by atoms with Gasteiger partial charge in [-0.3, -0.25) is 0 Å². The number of hydrogen-bond acceptors (Lipinski definition) is 2. The van der Waals surface area contributed by atoms with Gasteiger partial charge in [0.25, 0.3) is 0 Å². The molecule has 25 heavy (non-hydrogen) atoms. The molecule has 0 unspecified atom stereocenters. The molecule has 1 fully saturated rings. The predicted octanol–water partition coefficient (Wildman–Crippen LogP) is 6.25. The van der Waals surface area contributed by atoms with Crippen LogP contribution >= 0.6 is 0 Å². The number of benzene rings is 1. The van der Waals surface area contributed by atoms with Crippen LogP contribution in [0.15, 0.2) is 30.7 Å². The van der Waals surface area contributed by atoms with Crippen LogP contribution in [-0.2, 0) is 6.18 Å². The van der Waals surface area contributed by atoms with Gasteiger partial charge in [-0.25, -0.2) is 4.98 Å². The second-order valence-electron chi connectivity index (χ2n) is 5.28. The minimum Gasteiger partial charge on any atom is -0.385 e. The Bertz CT molecular complexity index is 644. The number of imidazole rings is 1. The van der Waals surface area contributed by atoms with Crippen molar-refractivity contribution in [3.8, 4) is 5.69 Å². The van der Waals surface area contributed by atoms with Gasteiger partial charge < -0.3 is 9.88 Å². The van der Waals surface area contributed by atoms with Crippen LogP contribution < -0.4 is 5.32 Å². The number of anilines is 1. The molecule has 1 saturated carbocycles. The summed E-state index contributed by atoms with van der Waals surface area (Å²) < 4.78 is 40.6. The average molecular weight is 355 g/mol. The maximum atomic E-state index is 13.0. The summed E-state index contributed by atoms with van der Waals surface area (Å²) in [5, 5.41) is 2.94. The fourth-order valence-corrected chi connectivity index (χ4v) is 2.30. The maximum Gasteiger partial charge on any atom is 0.416 e. The van der Waals surface area contributed by atoms with Crippen molar-refractivity contribution in [1.29, 1.82) is 0 Å². The van der Waals surface area contributed by atoms with Gasteiger partial charge >= 0.3 is 6.18 Å². The fraction of sp³-hybridized carbons (Fsp3) is 0.526. The first kappa shape index (κ1) is 21.1. The van der Waals surface area contributed by atoms with E-state index in [9.17, 15) is 13.2 Å². The van der Waals surface area contributed by atoms with Crippen molar-refractivity contribution in [2.45, 2.75) is 59.6 Å². The highest BCUT2D eigenvalue weighted by Gasteiger charge is 2.31. The Morgan fingerprint density at radius 2 is 1.76 bits per heavy atom. The van der Waals surface area contributed by atoms with Crippen molar-refractivity contribution in [2.24, 2.45) is 0 Å². The second-order valence-corrected chi connectivity index (χ2v) is 5.28. The van der Waals surface area contributed by atoms with E-state index in [1.807, 2.05) is 40.8 Å². The molecule has 3 rings (SSSR count). The van der Waals surface area contributed by atoms with Crippen LogP contribution in [0.2, 0.25) is 0 Å². The van der Waals surface area contributed by atoms with Crippen molar-refractivity contribution in [3.05, 3.63) is 42.0 Å². The van der Waals surface area contributed by atoms with Gasteiger partial charge in [-0.15, -0.1) is 0 Å². The first-order valence-corrected chi connectivity index (χ1v) is 8.98. The molecule has 6 heteroatoms. The molecule has 1 aliphatic rings. The topological polar surface area (TPSA) is 29.9 Å². The van der Waals surface area contributed by atoms with E-state index >= 15 is 0 Å². The van der Waals surface area contributed by atoms with E-state index in [1.54, 1.807) is 17.0 Å². The quantitative estimate of drug-likeness (QED) is 0.702. The Labute approximate surface area is 148 Å². The standard InChI is InChI=1S/C15H16F3N3.2C2H6/c1-2-19-12-5-11(15(16,17)18)6-13(7-12)21-8-14(20-9-21)10-3-4-10;2*1-2/h5-10,19H,2-4H2,1H3;2*1-2H3. The lowest BCUT2D eigenvalue weighted by molar-refractivity contribution is -0.137. The zero-order valence-electron chi connectivity index (χ0n) is 15.6. The molecular formula is C19H28F3N3. The van der Waals surface area contributed by atoms with Gasteiger partial charge in [0, 0.05) is 30.0 Å². The smallest absolute Gasteiger partial charge is 0.385 e. The van der Waals surface area contributed by atoms with Crippen LogP contribution in [0.5, 0.6) is 0 Å². The molecule has 140 valence electrons. The first-order chi connectivity index (χ1) is 12.0. The third-order valence-corrected chi connectivity index (χ3v) is 3.52. The Balaban J connectivity index is 0.000000730. The van der Waals surface area contributed by atoms with Crippen molar-refractivity contribution < 1.29 is 13.2 Å². The SMILES string of the molecule is CC.CC.CCNc1cc(-n2cnc(C3CC3)c2)cc(C(F)(F)F)c1. The van der Waals surface area contributed by atoms with Gasteiger partial charge in [-0.2, -0.15) is 13.2 Å². The highest BCUT2D eigenvalue weighted by Crippen LogP contribution is 2.39. The largest absolute Gasteiger partial charge is 0.416 e. The number of halogens is 3. The average Bonchev–Trinajstić information content (AvgIpc) is 3.35. The van der Waals surface area contributed by atoms with Crippen LogP contribution in [0.4, 0.5) is 18.9 Å². The molecule has 0 aliphatic heterocycles. The summed E-state index contributed by atoms with van der Waals surface area (Å²) in [5.41, 5.74) is 1.24. The summed E-state index contributed by atoms with van der Waals surface area (Å²) >= 11 is 0. The van der Waals surface area contributed by atoms with Crippen molar-refractivity contribution in [1.82, 2.24) is 9.55 Å². The Morgan fingerprint density at radius 1 is 1.12 bits per heavy atom. The summed E-state index contributed by atoms with van der Waals surface area (Å²) in [4.78, 5) is 4.28. The van der Waals surface area contributed by atoms with Gasteiger partial charge in [0.2, 0.25) is 0 Å². The van der Waals surface area contributed by atoms with Gasteiger partial charge in [0.05, 0.1) is 17.6 Å². The van der Waals surface area contributed by atoms with Crippen molar-refractivity contribution in [3.63, 3.8) is 0 Å². The summed E-state index contributed by atoms with van der Waals surface area (Å²) in [5.74, 6) is 0.477. The molecule has 1 aliphatic carbocycles. The van der Waals surface area contributed by atoms with E-state index in [-0.39, 0.29) is 0 Å². The summed E-state index contributed by atoms with van der Waals surface area (Å²) in [7, 11) is 0. The minimum absolute atomic E-state index is 0.462. The van der Waals surface area contributed by atoms with E-state index in [2.05, 4.69) is 10.3 Å². The molecule has 0 bridgehead atoms. The highest BCUT2D eigenvalue weighted by molar-refractivity contribution is 5.55. The monoisotopic (exact) mass is 355 g/mol. The zero-order valence-corrected chi connectivity index (χ0v) is 15.6. The minimum atomic E-state index is -4.36. The van der Waals surface area contributed by atoms with E-state index in [0.29, 0.717) is 23.8 Å². The number of alkyl halides is 3. The van der Waals surface area contributed by atoms with Crippen LogP contribution in [0.25, 0.3) is 5.69 Å². The number of hydrogen-bond donors (Lipinski definition) is 1. The Kier molecular flexibility index (Phi) is 8.00. The number of rotatable bonds is 4. The molecule has 0 atom stereocenters. The molecular weight excluding hydrogens is 327 g/mol. The van der Waals surface area contributed by atoms with Gasteiger partial charge in [0.15, 0.2) is 0 Å². The van der Waals surface area contributed by atoms with Crippen molar-refractivity contribution in [2.75, 3.05) is 11.9 Å². The summed E-state index contributed by atoms with van der Waals surface area (Å²) in [6, 6.07) is 3.99. The van der Waals surface area contributed by atoms with Gasteiger partial charge in [0.1, 0.15) is 0 Å². The highest BCUT2D eigenvalue weighted by atomic mass is 19.4. The second kappa shape index (κ2) is 9.49. The molecule has 0 saturated heterocycles. The Morgan fingerprint density at radius 3 is 2.28 bits per heavy atom. The molecule has 3 nitrogen and oxygen atoms in total. The van der Waals surface area contributed by atoms with Crippen LogP contribution in [0, 0.1) is 0 Å². The normalized spacial score (nSPS) is 13.3. The fourth-order valence-electron chi connectivity index (χ4n) is 2.30. The lowest BCUT2D eigenvalue weighted by Gasteiger charge is -2.13. The number of nitrogens with one attached hydrogen (secondary N) is 1. The summed E-state index contributed by atoms with van der Waals surface area (Å²) in [6.07, 6.45) is 1.27. The lowest BCUT2D eigenvalue weighted by Crippen LogP contribution is -2.08. The van der Waals surface area contributed by atoms with Gasteiger partial charge in [-0.1, -0.05) is 27.7 Å². The number of nitrogens with zero attached hydrogens (tertiary/aromatic N) is 2. The molecule has 1 heterocycles. The predicted molar refractivity (Wildman–Crippen MR) is 97.4 cm³/mol. The number of aromatic nitrogens is 2. The molecule has 0 spiro atoms. The van der Waals surface area contributed by atoms with E-state index in [4.69, 9.17) is 0 Å². The van der Waals surface area contributed by atoms with Crippen LogP contribution in [-0.4, -0.2) is 16.1 Å². The molecule has 1 aromatic heterocycles.